The van der Waals surface area contributed by atoms with Crippen molar-refractivity contribution in [3.8, 4) is 0 Å². The van der Waals surface area contributed by atoms with Crippen molar-refractivity contribution < 1.29 is 13.9 Å². The maximum absolute atomic E-state index is 12.9. The van der Waals surface area contributed by atoms with Gasteiger partial charge in [-0.1, -0.05) is 12.1 Å². The first-order valence-corrected chi connectivity index (χ1v) is 7.43. The van der Waals surface area contributed by atoms with Crippen LogP contribution in [0.2, 0.25) is 0 Å². The number of carbonyl (C=O) groups is 1. The van der Waals surface area contributed by atoms with Gasteiger partial charge in [0.05, 0.1) is 13.5 Å². The molecule has 0 aromatic heterocycles. The quantitative estimate of drug-likeness (QED) is 0.777. The van der Waals surface area contributed by atoms with Crippen molar-refractivity contribution in [1.82, 2.24) is 9.80 Å². The van der Waals surface area contributed by atoms with Crippen LogP contribution >= 0.6 is 0 Å². The number of halogens is 1. The molecule has 4 nitrogen and oxygen atoms in total. The van der Waals surface area contributed by atoms with E-state index in [9.17, 15) is 9.18 Å². The van der Waals surface area contributed by atoms with E-state index in [1.807, 2.05) is 12.1 Å². The minimum atomic E-state index is -0.191. The van der Waals surface area contributed by atoms with E-state index in [1.54, 1.807) is 0 Å². The molecule has 0 spiro atoms. The number of carbonyl (C=O) groups excluding carboxylic acids is 1. The lowest BCUT2D eigenvalue weighted by Gasteiger charge is -2.21. The van der Waals surface area contributed by atoms with E-state index >= 15 is 0 Å². The Morgan fingerprint density at radius 1 is 1.14 bits per heavy atom. The van der Waals surface area contributed by atoms with Crippen molar-refractivity contribution in [3.05, 3.63) is 35.6 Å². The predicted octanol–water partition coefficient (Wildman–Crippen LogP) is 1.90. The molecule has 1 aromatic rings. The van der Waals surface area contributed by atoms with Crippen LogP contribution in [0.25, 0.3) is 0 Å². The number of hydrogen-bond donors (Lipinski definition) is 0. The van der Waals surface area contributed by atoms with Gasteiger partial charge < -0.3 is 9.64 Å². The molecular formula is C16H23FN2O2. The molecule has 0 amide bonds. The Balaban J connectivity index is 1.77. The fourth-order valence-electron chi connectivity index (χ4n) is 2.61. The van der Waals surface area contributed by atoms with Gasteiger partial charge in [-0.05, 0) is 37.2 Å². The van der Waals surface area contributed by atoms with Crippen LogP contribution in [0, 0.1) is 5.82 Å². The molecule has 0 saturated carbocycles. The molecule has 1 aliphatic rings. The summed E-state index contributed by atoms with van der Waals surface area (Å²) in [6.45, 7) is 5.59. The Kier molecular flexibility index (Phi) is 6.14. The van der Waals surface area contributed by atoms with Crippen molar-refractivity contribution in [2.45, 2.75) is 19.4 Å². The van der Waals surface area contributed by atoms with Gasteiger partial charge in [-0.3, -0.25) is 9.69 Å². The summed E-state index contributed by atoms with van der Waals surface area (Å²) in [4.78, 5) is 15.9. The number of hydrogen-bond acceptors (Lipinski definition) is 4. The smallest absolute Gasteiger partial charge is 0.306 e. The van der Waals surface area contributed by atoms with Crippen LogP contribution in [0.4, 0.5) is 4.39 Å². The Morgan fingerprint density at radius 3 is 2.52 bits per heavy atom. The molecule has 1 heterocycles. The maximum atomic E-state index is 12.9. The highest BCUT2D eigenvalue weighted by molar-refractivity contribution is 5.69. The van der Waals surface area contributed by atoms with Crippen molar-refractivity contribution >= 4 is 5.97 Å². The standard InChI is InChI=1S/C16H23FN2O2/c1-21-16(20)7-10-18-8-2-9-19(12-11-18)13-14-3-5-15(17)6-4-14/h3-6H,2,7-13H2,1H3. The number of nitrogens with zero attached hydrogens (tertiary/aromatic N) is 2. The normalized spacial score (nSPS) is 17.4. The number of methoxy groups -OCH3 is 1. The molecule has 21 heavy (non-hydrogen) atoms. The van der Waals surface area contributed by atoms with Crippen LogP contribution in [0.3, 0.4) is 0 Å². The molecular weight excluding hydrogens is 271 g/mol. The molecule has 0 aliphatic carbocycles. The lowest BCUT2D eigenvalue weighted by molar-refractivity contribution is -0.140. The molecule has 5 heteroatoms. The minimum Gasteiger partial charge on any atom is -0.469 e. The lowest BCUT2D eigenvalue weighted by Crippen LogP contribution is -2.32. The number of esters is 1. The second-order valence-corrected chi connectivity index (χ2v) is 5.42. The third-order valence-electron chi connectivity index (χ3n) is 3.86. The van der Waals surface area contributed by atoms with Gasteiger partial charge in [-0.15, -0.1) is 0 Å². The van der Waals surface area contributed by atoms with Crippen LogP contribution in [-0.4, -0.2) is 55.6 Å². The van der Waals surface area contributed by atoms with Crippen LogP contribution in [-0.2, 0) is 16.1 Å². The average Bonchev–Trinajstić information content (AvgIpc) is 2.72. The number of benzene rings is 1. The van der Waals surface area contributed by atoms with E-state index in [0.29, 0.717) is 6.42 Å². The molecule has 0 radical (unpaired) electrons. The Labute approximate surface area is 125 Å². The second-order valence-electron chi connectivity index (χ2n) is 5.42. The van der Waals surface area contributed by atoms with Crippen molar-refractivity contribution in [2.24, 2.45) is 0 Å². The Morgan fingerprint density at radius 2 is 1.81 bits per heavy atom. The topological polar surface area (TPSA) is 32.8 Å². The summed E-state index contributed by atoms with van der Waals surface area (Å²) in [5.74, 6) is -0.342. The molecule has 116 valence electrons. The second kappa shape index (κ2) is 8.10. The molecule has 0 bridgehead atoms. The molecule has 2 rings (SSSR count). The predicted molar refractivity (Wildman–Crippen MR) is 79.4 cm³/mol. The SMILES string of the molecule is COC(=O)CCN1CCCN(Cc2ccc(F)cc2)CC1. The van der Waals surface area contributed by atoms with Gasteiger partial charge in [-0.25, -0.2) is 4.39 Å². The fourth-order valence-corrected chi connectivity index (χ4v) is 2.61. The summed E-state index contributed by atoms with van der Waals surface area (Å²) in [5.41, 5.74) is 1.14. The first-order valence-electron chi connectivity index (χ1n) is 7.43. The van der Waals surface area contributed by atoms with Gasteiger partial charge >= 0.3 is 5.97 Å². The van der Waals surface area contributed by atoms with Crippen LogP contribution in [0.5, 0.6) is 0 Å². The van der Waals surface area contributed by atoms with Crippen molar-refractivity contribution in [2.75, 3.05) is 39.8 Å². The highest BCUT2D eigenvalue weighted by Gasteiger charge is 2.15. The number of rotatable bonds is 5. The van der Waals surface area contributed by atoms with E-state index in [-0.39, 0.29) is 11.8 Å². The molecule has 0 atom stereocenters. The monoisotopic (exact) mass is 294 g/mol. The third-order valence-corrected chi connectivity index (χ3v) is 3.86. The van der Waals surface area contributed by atoms with Crippen molar-refractivity contribution in [3.63, 3.8) is 0 Å². The Hall–Kier alpha value is -1.46. The van der Waals surface area contributed by atoms with Gasteiger partial charge in [0.2, 0.25) is 0 Å². The fraction of sp³-hybridized carbons (Fsp3) is 0.562. The first kappa shape index (κ1) is 15.9. The van der Waals surface area contributed by atoms with E-state index in [4.69, 9.17) is 0 Å². The molecule has 0 N–H and O–H groups in total. The molecule has 1 aromatic carbocycles. The highest BCUT2D eigenvalue weighted by atomic mass is 19.1. The van der Waals surface area contributed by atoms with Crippen molar-refractivity contribution in [1.29, 1.82) is 0 Å². The van der Waals surface area contributed by atoms with Gasteiger partial charge in [0.1, 0.15) is 5.82 Å². The van der Waals surface area contributed by atoms with E-state index < -0.39 is 0 Å². The average molecular weight is 294 g/mol. The van der Waals surface area contributed by atoms with Crippen LogP contribution < -0.4 is 0 Å². The van der Waals surface area contributed by atoms with Gasteiger partial charge in [0, 0.05) is 26.2 Å². The summed E-state index contributed by atoms with van der Waals surface area (Å²) in [7, 11) is 1.43. The Bertz CT molecular complexity index is 450. The van der Waals surface area contributed by atoms with Crippen LogP contribution in [0.1, 0.15) is 18.4 Å². The van der Waals surface area contributed by atoms with E-state index in [0.717, 1.165) is 51.3 Å². The summed E-state index contributed by atoms with van der Waals surface area (Å²) in [6.07, 6.45) is 1.54. The summed E-state index contributed by atoms with van der Waals surface area (Å²) in [6, 6.07) is 6.70. The minimum absolute atomic E-state index is 0.151. The zero-order valence-electron chi connectivity index (χ0n) is 12.6. The van der Waals surface area contributed by atoms with Crippen LogP contribution in [0.15, 0.2) is 24.3 Å². The van der Waals surface area contributed by atoms with Gasteiger partial charge in [0.25, 0.3) is 0 Å². The first-order chi connectivity index (χ1) is 10.2. The summed E-state index contributed by atoms with van der Waals surface area (Å²) < 4.78 is 17.6. The zero-order valence-corrected chi connectivity index (χ0v) is 12.6. The molecule has 1 fully saturated rings. The maximum Gasteiger partial charge on any atom is 0.306 e. The zero-order chi connectivity index (χ0) is 15.1. The van der Waals surface area contributed by atoms with E-state index in [2.05, 4.69) is 14.5 Å². The van der Waals surface area contributed by atoms with Gasteiger partial charge in [0.15, 0.2) is 0 Å². The molecule has 0 unspecified atom stereocenters. The highest BCUT2D eigenvalue weighted by Crippen LogP contribution is 2.10. The summed E-state index contributed by atoms with van der Waals surface area (Å²) >= 11 is 0. The largest absolute Gasteiger partial charge is 0.469 e. The van der Waals surface area contributed by atoms with E-state index in [1.165, 1.54) is 19.2 Å². The molecule has 1 saturated heterocycles. The lowest BCUT2D eigenvalue weighted by atomic mass is 10.2. The summed E-state index contributed by atoms with van der Waals surface area (Å²) in [5, 5.41) is 0. The molecule has 1 aliphatic heterocycles. The third kappa shape index (κ3) is 5.44. The number of ether oxygens (including phenoxy) is 1. The van der Waals surface area contributed by atoms with Gasteiger partial charge in [-0.2, -0.15) is 0 Å².